The third-order valence-electron chi connectivity index (χ3n) is 5.23. The van der Waals surface area contributed by atoms with Crippen molar-refractivity contribution in [3.8, 4) is 0 Å². The van der Waals surface area contributed by atoms with Crippen molar-refractivity contribution in [2.45, 2.75) is 19.8 Å². The van der Waals surface area contributed by atoms with Gasteiger partial charge in [0, 0.05) is 63.4 Å². The van der Waals surface area contributed by atoms with Gasteiger partial charge in [0.2, 0.25) is 11.9 Å². The van der Waals surface area contributed by atoms with Crippen LogP contribution in [0.3, 0.4) is 0 Å². The van der Waals surface area contributed by atoms with Crippen LogP contribution < -0.4 is 15.1 Å². The summed E-state index contributed by atoms with van der Waals surface area (Å²) < 4.78 is 0. The molecule has 0 unspecified atom stereocenters. The first-order chi connectivity index (χ1) is 13.6. The fourth-order valence-electron chi connectivity index (χ4n) is 3.77. The Morgan fingerprint density at radius 1 is 1.04 bits per heavy atom. The zero-order valence-electron chi connectivity index (χ0n) is 16.0. The van der Waals surface area contributed by atoms with Gasteiger partial charge >= 0.3 is 6.03 Å². The molecule has 0 radical (unpaired) electrons. The number of hydrogen-bond acceptors (Lipinski definition) is 5. The summed E-state index contributed by atoms with van der Waals surface area (Å²) in [6.07, 6.45) is 5.31. The number of anilines is 3. The maximum absolute atomic E-state index is 12.7. The van der Waals surface area contributed by atoms with Crippen LogP contribution in [-0.4, -0.2) is 59.5 Å². The molecular formula is C20H24N6O2. The molecule has 0 aliphatic carbocycles. The van der Waals surface area contributed by atoms with Gasteiger partial charge in [-0.1, -0.05) is 0 Å². The van der Waals surface area contributed by atoms with E-state index in [0.717, 1.165) is 36.3 Å². The SMILES string of the molecule is CC(=O)N1CCCc2cc(NC(=O)N3CCN(c4ncccn4)CC3)ccc21. The third kappa shape index (κ3) is 3.76. The molecule has 1 aromatic carbocycles. The number of aryl methyl sites for hydroxylation is 1. The molecule has 0 bridgehead atoms. The second-order valence-electron chi connectivity index (χ2n) is 7.07. The third-order valence-corrected chi connectivity index (χ3v) is 5.23. The van der Waals surface area contributed by atoms with E-state index in [1.54, 1.807) is 35.2 Å². The second-order valence-corrected chi connectivity index (χ2v) is 7.07. The number of nitrogens with zero attached hydrogens (tertiary/aromatic N) is 5. The lowest BCUT2D eigenvalue weighted by Crippen LogP contribution is -2.50. The van der Waals surface area contributed by atoms with E-state index in [0.29, 0.717) is 32.1 Å². The molecule has 0 saturated carbocycles. The van der Waals surface area contributed by atoms with Crippen molar-refractivity contribution in [3.63, 3.8) is 0 Å². The van der Waals surface area contributed by atoms with Gasteiger partial charge < -0.3 is 20.0 Å². The zero-order chi connectivity index (χ0) is 19.5. The van der Waals surface area contributed by atoms with E-state index in [-0.39, 0.29) is 11.9 Å². The zero-order valence-corrected chi connectivity index (χ0v) is 16.0. The van der Waals surface area contributed by atoms with Crippen LogP contribution in [0.15, 0.2) is 36.7 Å². The molecule has 2 aliphatic heterocycles. The van der Waals surface area contributed by atoms with E-state index < -0.39 is 0 Å². The molecule has 8 heteroatoms. The van der Waals surface area contributed by atoms with Crippen molar-refractivity contribution in [1.29, 1.82) is 0 Å². The molecule has 3 heterocycles. The first-order valence-electron chi connectivity index (χ1n) is 9.61. The van der Waals surface area contributed by atoms with Crippen LogP contribution in [0.25, 0.3) is 0 Å². The summed E-state index contributed by atoms with van der Waals surface area (Å²) in [5, 5.41) is 2.99. The fraction of sp³-hybridized carbons (Fsp3) is 0.400. The molecule has 2 aliphatic rings. The van der Waals surface area contributed by atoms with Gasteiger partial charge in [-0.3, -0.25) is 4.79 Å². The Morgan fingerprint density at radius 3 is 2.50 bits per heavy atom. The Balaban J connectivity index is 1.37. The Hall–Kier alpha value is -3.16. The normalized spacial score (nSPS) is 16.5. The summed E-state index contributed by atoms with van der Waals surface area (Å²) in [7, 11) is 0. The topological polar surface area (TPSA) is 81.7 Å². The number of urea groups is 1. The minimum atomic E-state index is -0.104. The highest BCUT2D eigenvalue weighted by molar-refractivity contribution is 5.94. The number of nitrogens with one attached hydrogen (secondary N) is 1. The molecule has 8 nitrogen and oxygen atoms in total. The fourth-order valence-corrected chi connectivity index (χ4v) is 3.77. The van der Waals surface area contributed by atoms with Gasteiger partial charge in [0.25, 0.3) is 0 Å². The van der Waals surface area contributed by atoms with Gasteiger partial charge in [0.1, 0.15) is 0 Å². The molecule has 1 aromatic heterocycles. The summed E-state index contributed by atoms with van der Waals surface area (Å²) in [5.74, 6) is 0.755. The molecule has 1 N–H and O–H groups in total. The van der Waals surface area contributed by atoms with Crippen molar-refractivity contribution in [2.75, 3.05) is 47.8 Å². The number of amides is 3. The lowest BCUT2D eigenvalue weighted by Gasteiger charge is -2.34. The number of rotatable bonds is 2. The van der Waals surface area contributed by atoms with Crippen LogP contribution in [0.2, 0.25) is 0 Å². The van der Waals surface area contributed by atoms with Crippen LogP contribution in [0, 0.1) is 0 Å². The van der Waals surface area contributed by atoms with Gasteiger partial charge in [-0.15, -0.1) is 0 Å². The minimum absolute atomic E-state index is 0.0537. The standard InChI is InChI=1S/C20H24N6O2/c1-15(27)26-9-2-4-16-14-17(5-6-18(16)26)23-20(28)25-12-10-24(11-13-25)19-21-7-3-8-22-19/h3,5-8,14H,2,4,9-13H2,1H3,(H,23,28). The maximum atomic E-state index is 12.7. The summed E-state index contributed by atoms with van der Waals surface area (Å²) >= 11 is 0. The smallest absolute Gasteiger partial charge is 0.321 e. The van der Waals surface area contributed by atoms with Crippen molar-refractivity contribution >= 4 is 29.3 Å². The highest BCUT2D eigenvalue weighted by atomic mass is 16.2. The highest BCUT2D eigenvalue weighted by Crippen LogP contribution is 2.30. The van der Waals surface area contributed by atoms with Gasteiger partial charge in [-0.25, -0.2) is 14.8 Å². The maximum Gasteiger partial charge on any atom is 0.321 e. The second kappa shape index (κ2) is 7.84. The average molecular weight is 380 g/mol. The molecule has 4 rings (SSSR count). The number of aromatic nitrogens is 2. The van der Waals surface area contributed by atoms with E-state index >= 15 is 0 Å². The monoisotopic (exact) mass is 380 g/mol. The van der Waals surface area contributed by atoms with E-state index in [4.69, 9.17) is 0 Å². The van der Waals surface area contributed by atoms with E-state index in [9.17, 15) is 9.59 Å². The summed E-state index contributed by atoms with van der Waals surface area (Å²) in [6, 6.07) is 7.47. The summed E-state index contributed by atoms with van der Waals surface area (Å²) in [6.45, 7) is 4.99. The Bertz CT molecular complexity index is 864. The molecule has 2 aromatic rings. The van der Waals surface area contributed by atoms with Gasteiger partial charge in [0.05, 0.1) is 0 Å². The predicted molar refractivity (Wildman–Crippen MR) is 108 cm³/mol. The highest BCUT2D eigenvalue weighted by Gasteiger charge is 2.24. The van der Waals surface area contributed by atoms with Crippen LogP contribution in [0.1, 0.15) is 18.9 Å². The minimum Gasteiger partial charge on any atom is -0.337 e. The van der Waals surface area contributed by atoms with Gasteiger partial charge in [-0.05, 0) is 42.7 Å². The van der Waals surface area contributed by atoms with E-state index in [1.807, 2.05) is 18.2 Å². The largest absolute Gasteiger partial charge is 0.337 e. The van der Waals surface area contributed by atoms with Gasteiger partial charge in [-0.2, -0.15) is 0 Å². The number of benzene rings is 1. The van der Waals surface area contributed by atoms with Crippen LogP contribution >= 0.6 is 0 Å². The van der Waals surface area contributed by atoms with Crippen LogP contribution in [0.5, 0.6) is 0 Å². The molecule has 1 fully saturated rings. The lowest BCUT2D eigenvalue weighted by molar-refractivity contribution is -0.116. The molecule has 0 atom stereocenters. The molecule has 0 spiro atoms. The molecule has 146 valence electrons. The van der Waals surface area contributed by atoms with Crippen molar-refractivity contribution in [1.82, 2.24) is 14.9 Å². The number of hydrogen-bond donors (Lipinski definition) is 1. The van der Waals surface area contributed by atoms with Crippen molar-refractivity contribution < 1.29 is 9.59 Å². The number of carbonyl (C=O) groups excluding carboxylic acids is 2. The lowest BCUT2D eigenvalue weighted by atomic mass is 10.0. The van der Waals surface area contributed by atoms with E-state index in [1.165, 1.54) is 0 Å². The molecule has 1 saturated heterocycles. The first kappa shape index (κ1) is 18.2. The first-order valence-corrected chi connectivity index (χ1v) is 9.61. The quantitative estimate of drug-likeness (QED) is 0.863. The Morgan fingerprint density at radius 2 is 1.79 bits per heavy atom. The van der Waals surface area contributed by atoms with Crippen molar-refractivity contribution in [2.24, 2.45) is 0 Å². The van der Waals surface area contributed by atoms with Gasteiger partial charge in [0.15, 0.2) is 0 Å². The number of piperazine rings is 1. The Kier molecular flexibility index (Phi) is 5.10. The summed E-state index contributed by atoms with van der Waals surface area (Å²) in [4.78, 5) is 38.7. The Labute approximate surface area is 164 Å². The molecule has 28 heavy (non-hydrogen) atoms. The van der Waals surface area contributed by atoms with Crippen molar-refractivity contribution in [3.05, 3.63) is 42.2 Å². The van der Waals surface area contributed by atoms with Crippen LogP contribution in [-0.2, 0) is 11.2 Å². The molecular weight excluding hydrogens is 356 g/mol. The molecule has 3 amide bonds. The van der Waals surface area contributed by atoms with E-state index in [2.05, 4.69) is 20.2 Å². The van der Waals surface area contributed by atoms with Crippen LogP contribution in [0.4, 0.5) is 22.1 Å². The number of carbonyl (C=O) groups is 2. The average Bonchev–Trinajstić information content (AvgIpc) is 2.73. The predicted octanol–water partition coefficient (Wildman–Crippen LogP) is 2.13. The summed E-state index contributed by atoms with van der Waals surface area (Å²) in [5.41, 5.74) is 2.82. The number of fused-ring (bicyclic) bond motifs is 1.